The van der Waals surface area contributed by atoms with Crippen LogP contribution in [0.1, 0.15) is 31.5 Å². The molecule has 3 rings (SSSR count). The molecule has 0 bridgehead atoms. The van der Waals surface area contributed by atoms with Gasteiger partial charge < -0.3 is 9.30 Å². The van der Waals surface area contributed by atoms with Crippen LogP contribution >= 0.6 is 0 Å². The molecule has 1 aliphatic rings. The maximum Gasteiger partial charge on any atom is 0.246 e. The lowest BCUT2D eigenvalue weighted by Gasteiger charge is -2.30. The van der Waals surface area contributed by atoms with Gasteiger partial charge in [-0.05, 0) is 19.8 Å². The summed E-state index contributed by atoms with van der Waals surface area (Å²) in [5.74, 6) is 1.30. The van der Waals surface area contributed by atoms with Gasteiger partial charge in [0.25, 0.3) is 0 Å². The highest BCUT2D eigenvalue weighted by Gasteiger charge is 2.32. The Morgan fingerprint density at radius 1 is 1.32 bits per heavy atom. The van der Waals surface area contributed by atoms with Gasteiger partial charge in [0.1, 0.15) is 10.7 Å². The molecule has 0 aromatic carbocycles. The van der Waals surface area contributed by atoms with Crippen LogP contribution in [0.2, 0.25) is 0 Å². The third-order valence-corrected chi connectivity index (χ3v) is 6.53. The number of imidazole rings is 1. The molecule has 3 heterocycles. The number of ether oxygens (including phenoxy) is 1. The zero-order chi connectivity index (χ0) is 17.9. The maximum absolute atomic E-state index is 12.8. The van der Waals surface area contributed by atoms with Crippen molar-refractivity contribution in [2.75, 3.05) is 26.8 Å². The molecule has 25 heavy (non-hydrogen) atoms. The summed E-state index contributed by atoms with van der Waals surface area (Å²) in [5.41, 5.74) is 0. The van der Waals surface area contributed by atoms with Crippen LogP contribution in [-0.2, 0) is 27.8 Å². The van der Waals surface area contributed by atoms with Gasteiger partial charge in [0.05, 0.1) is 12.8 Å². The molecule has 0 spiro atoms. The first-order valence-electron chi connectivity index (χ1n) is 8.58. The van der Waals surface area contributed by atoms with E-state index in [9.17, 15) is 8.42 Å². The molecule has 0 radical (unpaired) electrons. The molecule has 0 unspecified atom stereocenters. The number of piperidine rings is 1. The molecule has 1 saturated heterocycles. The Balaban J connectivity index is 1.66. The molecule has 2 aromatic heterocycles. The predicted octanol–water partition coefficient (Wildman–Crippen LogP) is 1.31. The predicted molar refractivity (Wildman–Crippen MR) is 92.7 cm³/mol. The standard InChI is InChI=1S/C16H25N5O3S/c1-3-20-13-15(12-18-20)25(22,23)21-7-4-14(5-8-21)16-17-6-9-19(16)10-11-24-2/h6,9,12-14H,3-5,7-8,10-11H2,1-2H3. The fraction of sp³-hybridized carbons (Fsp3) is 0.625. The van der Waals surface area contributed by atoms with Gasteiger partial charge in [0.15, 0.2) is 0 Å². The van der Waals surface area contributed by atoms with E-state index in [2.05, 4.69) is 14.6 Å². The van der Waals surface area contributed by atoms with Crippen molar-refractivity contribution >= 4 is 10.0 Å². The smallest absolute Gasteiger partial charge is 0.246 e. The Morgan fingerprint density at radius 2 is 2.08 bits per heavy atom. The molecule has 0 aliphatic carbocycles. The third-order valence-electron chi connectivity index (χ3n) is 4.67. The molecule has 1 aliphatic heterocycles. The first kappa shape index (κ1) is 18.1. The summed E-state index contributed by atoms with van der Waals surface area (Å²) < 4.78 is 35.9. The van der Waals surface area contributed by atoms with Crippen molar-refractivity contribution in [3.63, 3.8) is 0 Å². The SMILES string of the molecule is CCn1cc(S(=O)(=O)N2CCC(c3nccn3CCOC)CC2)cn1. The number of rotatable bonds is 7. The lowest BCUT2D eigenvalue weighted by Crippen LogP contribution is -2.38. The molecular weight excluding hydrogens is 342 g/mol. The zero-order valence-corrected chi connectivity index (χ0v) is 15.5. The Hall–Kier alpha value is -1.71. The van der Waals surface area contributed by atoms with Crippen molar-refractivity contribution in [1.29, 1.82) is 0 Å². The minimum absolute atomic E-state index is 0.273. The van der Waals surface area contributed by atoms with Gasteiger partial charge in [-0.3, -0.25) is 4.68 Å². The average molecular weight is 367 g/mol. The van der Waals surface area contributed by atoms with Gasteiger partial charge in [-0.1, -0.05) is 0 Å². The Labute approximate surface area is 148 Å². The molecule has 138 valence electrons. The maximum atomic E-state index is 12.8. The van der Waals surface area contributed by atoms with Crippen LogP contribution in [0.15, 0.2) is 29.7 Å². The van der Waals surface area contributed by atoms with Crippen LogP contribution in [0.3, 0.4) is 0 Å². The van der Waals surface area contributed by atoms with Crippen LogP contribution < -0.4 is 0 Å². The monoisotopic (exact) mass is 367 g/mol. The summed E-state index contributed by atoms with van der Waals surface area (Å²) in [4.78, 5) is 4.75. The number of nitrogens with zero attached hydrogens (tertiary/aromatic N) is 5. The minimum atomic E-state index is -3.47. The number of methoxy groups -OCH3 is 1. The van der Waals surface area contributed by atoms with Crippen molar-refractivity contribution in [1.82, 2.24) is 23.6 Å². The van der Waals surface area contributed by atoms with E-state index in [4.69, 9.17) is 4.74 Å². The van der Waals surface area contributed by atoms with Crippen molar-refractivity contribution < 1.29 is 13.2 Å². The summed E-state index contributed by atoms with van der Waals surface area (Å²) in [6.45, 7) is 4.99. The van der Waals surface area contributed by atoms with Crippen LogP contribution in [0, 0.1) is 0 Å². The van der Waals surface area contributed by atoms with Gasteiger partial charge in [0.2, 0.25) is 10.0 Å². The van der Waals surface area contributed by atoms with E-state index in [0.29, 0.717) is 26.2 Å². The normalized spacial score (nSPS) is 17.2. The fourth-order valence-corrected chi connectivity index (χ4v) is 4.64. The van der Waals surface area contributed by atoms with E-state index in [1.165, 1.54) is 6.20 Å². The van der Waals surface area contributed by atoms with E-state index >= 15 is 0 Å². The molecular formula is C16H25N5O3S. The quantitative estimate of drug-likeness (QED) is 0.737. The van der Waals surface area contributed by atoms with Gasteiger partial charge in [-0.2, -0.15) is 9.40 Å². The van der Waals surface area contributed by atoms with Gasteiger partial charge in [0, 0.05) is 57.8 Å². The van der Waals surface area contributed by atoms with E-state index in [1.54, 1.807) is 28.5 Å². The fourth-order valence-electron chi connectivity index (χ4n) is 3.21. The second kappa shape index (κ2) is 7.67. The summed E-state index contributed by atoms with van der Waals surface area (Å²) in [6, 6.07) is 0. The molecule has 9 heteroatoms. The van der Waals surface area contributed by atoms with Crippen LogP contribution in [0.5, 0.6) is 0 Å². The van der Waals surface area contributed by atoms with Crippen molar-refractivity contribution in [3.8, 4) is 0 Å². The molecule has 0 amide bonds. The summed E-state index contributed by atoms with van der Waals surface area (Å²) >= 11 is 0. The van der Waals surface area contributed by atoms with Gasteiger partial charge >= 0.3 is 0 Å². The number of hydrogen-bond donors (Lipinski definition) is 0. The molecule has 8 nitrogen and oxygen atoms in total. The second-order valence-electron chi connectivity index (χ2n) is 6.18. The Kier molecular flexibility index (Phi) is 5.55. The lowest BCUT2D eigenvalue weighted by molar-refractivity contribution is 0.185. The van der Waals surface area contributed by atoms with Crippen molar-refractivity contribution in [2.24, 2.45) is 0 Å². The minimum Gasteiger partial charge on any atom is -0.383 e. The van der Waals surface area contributed by atoms with Crippen molar-refractivity contribution in [2.45, 2.75) is 43.7 Å². The number of hydrogen-bond acceptors (Lipinski definition) is 5. The van der Waals surface area contributed by atoms with Crippen LogP contribution in [0.4, 0.5) is 0 Å². The molecule has 0 N–H and O–H groups in total. The summed E-state index contributed by atoms with van der Waals surface area (Å²) in [6.07, 6.45) is 8.32. The lowest BCUT2D eigenvalue weighted by atomic mass is 9.97. The summed E-state index contributed by atoms with van der Waals surface area (Å²) in [7, 11) is -1.78. The number of aromatic nitrogens is 4. The molecule has 0 saturated carbocycles. The highest BCUT2D eigenvalue weighted by molar-refractivity contribution is 7.89. The number of sulfonamides is 1. The highest BCUT2D eigenvalue weighted by Crippen LogP contribution is 2.29. The zero-order valence-electron chi connectivity index (χ0n) is 14.7. The molecule has 1 fully saturated rings. The van der Waals surface area contributed by atoms with E-state index in [0.717, 1.165) is 25.2 Å². The molecule has 0 atom stereocenters. The highest BCUT2D eigenvalue weighted by atomic mass is 32.2. The summed E-state index contributed by atoms with van der Waals surface area (Å²) in [5, 5.41) is 4.08. The average Bonchev–Trinajstić information content (AvgIpc) is 3.29. The first-order valence-corrected chi connectivity index (χ1v) is 10.0. The molecule has 2 aromatic rings. The van der Waals surface area contributed by atoms with E-state index < -0.39 is 10.0 Å². The van der Waals surface area contributed by atoms with Crippen LogP contribution in [0.25, 0.3) is 0 Å². The topological polar surface area (TPSA) is 82.2 Å². The van der Waals surface area contributed by atoms with Crippen molar-refractivity contribution in [3.05, 3.63) is 30.6 Å². The Bertz CT molecular complexity index is 790. The van der Waals surface area contributed by atoms with E-state index in [-0.39, 0.29) is 10.8 Å². The Morgan fingerprint density at radius 3 is 2.72 bits per heavy atom. The number of aryl methyl sites for hydroxylation is 1. The van der Waals surface area contributed by atoms with Gasteiger partial charge in [-0.25, -0.2) is 13.4 Å². The first-order chi connectivity index (χ1) is 12.1. The largest absolute Gasteiger partial charge is 0.383 e. The second-order valence-corrected chi connectivity index (χ2v) is 8.12. The third kappa shape index (κ3) is 3.78. The van der Waals surface area contributed by atoms with Gasteiger partial charge in [-0.15, -0.1) is 0 Å². The van der Waals surface area contributed by atoms with E-state index in [1.807, 2.05) is 13.1 Å². The van der Waals surface area contributed by atoms with Crippen LogP contribution in [-0.4, -0.2) is 58.9 Å².